The number of carboxylic acid groups (broad SMARTS) is 1. The van der Waals surface area contributed by atoms with Crippen LogP contribution in [0.25, 0.3) is 0 Å². The molecule has 24 heavy (non-hydrogen) atoms. The number of aromatic carboxylic acids is 1. The van der Waals surface area contributed by atoms with Crippen molar-refractivity contribution in [3.05, 3.63) is 58.9 Å². The first-order valence-electron chi connectivity index (χ1n) is 7.78. The number of hydrogen-bond donors (Lipinski definition) is 1. The molecule has 0 saturated heterocycles. The molecule has 122 valence electrons. The normalized spacial score (nSPS) is 21.3. The molecule has 6 heteroatoms. The van der Waals surface area contributed by atoms with Crippen LogP contribution < -0.4 is 4.74 Å². The highest BCUT2D eigenvalue weighted by Gasteiger charge is 2.46. The molecule has 2 aromatic rings. The van der Waals surface area contributed by atoms with Gasteiger partial charge in [0.05, 0.1) is 12.6 Å². The first-order valence-corrected chi connectivity index (χ1v) is 7.78. The van der Waals surface area contributed by atoms with Gasteiger partial charge in [0.15, 0.2) is 5.60 Å². The Morgan fingerprint density at radius 3 is 2.96 bits per heavy atom. The maximum Gasteiger partial charge on any atom is 0.354 e. The monoisotopic (exact) mass is 324 g/mol. The van der Waals surface area contributed by atoms with Crippen molar-refractivity contribution >= 4 is 11.9 Å². The largest absolute Gasteiger partial charge is 0.477 e. The van der Waals surface area contributed by atoms with Gasteiger partial charge in [-0.1, -0.05) is 28.9 Å². The topological polar surface area (TPSA) is 81.0 Å². The van der Waals surface area contributed by atoms with Gasteiger partial charge < -0.3 is 14.7 Å². The summed E-state index contributed by atoms with van der Waals surface area (Å²) >= 11 is 0. The van der Waals surface area contributed by atoms with Crippen LogP contribution in [0.15, 0.2) is 41.7 Å². The zero-order valence-electron chi connectivity index (χ0n) is 13.2. The molecule has 0 saturated carbocycles. The number of carbonyl (C=O) groups is 1. The molecule has 4 rings (SSSR count). The summed E-state index contributed by atoms with van der Waals surface area (Å²) in [4.78, 5) is 20.4. The fourth-order valence-electron chi connectivity index (χ4n) is 3.33. The Kier molecular flexibility index (Phi) is 3.26. The van der Waals surface area contributed by atoms with Gasteiger partial charge >= 0.3 is 5.97 Å². The maximum absolute atomic E-state index is 10.8. The van der Waals surface area contributed by atoms with E-state index >= 15 is 0 Å². The van der Waals surface area contributed by atoms with Gasteiger partial charge in [0, 0.05) is 5.56 Å². The predicted molar refractivity (Wildman–Crippen MR) is 86.1 cm³/mol. The molecule has 1 aliphatic carbocycles. The van der Waals surface area contributed by atoms with E-state index in [1.165, 1.54) is 29.0 Å². The Labute approximate surface area is 138 Å². The minimum atomic E-state index is -1.07. The maximum atomic E-state index is 10.8. The molecule has 2 heterocycles. The summed E-state index contributed by atoms with van der Waals surface area (Å²) in [6, 6.07) is 9.36. The number of pyridine rings is 1. The molecule has 1 atom stereocenters. The minimum absolute atomic E-state index is 0.0245. The molecule has 1 aliphatic heterocycles. The van der Waals surface area contributed by atoms with E-state index in [0.717, 1.165) is 12.8 Å². The Morgan fingerprint density at radius 2 is 2.21 bits per heavy atom. The van der Waals surface area contributed by atoms with Crippen LogP contribution in [-0.2, 0) is 16.9 Å². The van der Waals surface area contributed by atoms with E-state index in [1.807, 2.05) is 0 Å². The molecule has 6 nitrogen and oxygen atoms in total. The van der Waals surface area contributed by atoms with Gasteiger partial charge in [-0.05, 0) is 37.5 Å². The second kappa shape index (κ2) is 5.33. The van der Waals surface area contributed by atoms with Crippen LogP contribution in [0.5, 0.6) is 5.75 Å². The Bertz CT molecular complexity index is 845. The SMILES string of the molecule is Cc1ccc2c(c1)CC[C@@]21CC(Oc2ccc(C(=O)O)nc2)=NO1. The van der Waals surface area contributed by atoms with Crippen molar-refractivity contribution in [2.24, 2.45) is 5.16 Å². The van der Waals surface area contributed by atoms with E-state index < -0.39 is 11.6 Å². The lowest BCUT2D eigenvalue weighted by Crippen LogP contribution is -2.24. The number of hydrogen-bond acceptors (Lipinski definition) is 5. The molecule has 0 radical (unpaired) electrons. The lowest BCUT2D eigenvalue weighted by atomic mass is 9.92. The molecule has 0 amide bonds. The fraction of sp³-hybridized carbons (Fsp3) is 0.278. The third kappa shape index (κ3) is 2.40. The number of aryl methyl sites for hydroxylation is 2. The highest BCUT2D eigenvalue weighted by molar-refractivity contribution is 5.85. The Morgan fingerprint density at radius 1 is 1.33 bits per heavy atom. The fourth-order valence-corrected chi connectivity index (χ4v) is 3.33. The zero-order chi connectivity index (χ0) is 16.7. The molecule has 0 bridgehead atoms. The average Bonchev–Trinajstić information content (AvgIpc) is 3.13. The van der Waals surface area contributed by atoms with Gasteiger partial charge in [0.1, 0.15) is 11.4 Å². The first kappa shape index (κ1) is 14.7. The van der Waals surface area contributed by atoms with Crippen molar-refractivity contribution in [2.75, 3.05) is 0 Å². The third-order valence-electron chi connectivity index (χ3n) is 4.50. The van der Waals surface area contributed by atoms with Crippen molar-refractivity contribution in [1.29, 1.82) is 0 Å². The molecule has 1 N–H and O–H groups in total. The number of benzene rings is 1. The van der Waals surface area contributed by atoms with E-state index in [2.05, 4.69) is 35.3 Å². The second-order valence-corrected chi connectivity index (χ2v) is 6.19. The Hall–Kier alpha value is -2.89. The van der Waals surface area contributed by atoms with Gasteiger partial charge in [-0.25, -0.2) is 9.78 Å². The van der Waals surface area contributed by atoms with Crippen molar-refractivity contribution in [3.63, 3.8) is 0 Å². The molecule has 1 aromatic heterocycles. The van der Waals surface area contributed by atoms with Gasteiger partial charge in [-0.3, -0.25) is 0 Å². The second-order valence-electron chi connectivity index (χ2n) is 6.19. The molecular formula is C18H16N2O4. The highest BCUT2D eigenvalue weighted by Crippen LogP contribution is 2.46. The average molecular weight is 324 g/mol. The summed E-state index contributed by atoms with van der Waals surface area (Å²) < 4.78 is 5.71. The van der Waals surface area contributed by atoms with Crippen molar-refractivity contribution in [3.8, 4) is 5.75 Å². The quantitative estimate of drug-likeness (QED) is 0.918. The predicted octanol–water partition coefficient (Wildman–Crippen LogP) is 3.04. The van der Waals surface area contributed by atoms with Crippen LogP contribution in [0.1, 0.15) is 40.0 Å². The van der Waals surface area contributed by atoms with E-state index in [1.54, 1.807) is 6.07 Å². The molecule has 2 aliphatic rings. The summed E-state index contributed by atoms with van der Waals surface area (Å²) in [6.07, 6.45) is 3.78. The molecule has 1 spiro atoms. The molecule has 1 aromatic carbocycles. The van der Waals surface area contributed by atoms with Crippen LogP contribution in [0.4, 0.5) is 0 Å². The number of oxime groups is 1. The lowest BCUT2D eigenvalue weighted by molar-refractivity contribution is -0.0215. The van der Waals surface area contributed by atoms with Crippen LogP contribution in [0.2, 0.25) is 0 Å². The van der Waals surface area contributed by atoms with Crippen LogP contribution >= 0.6 is 0 Å². The minimum Gasteiger partial charge on any atom is -0.477 e. The van der Waals surface area contributed by atoms with Crippen LogP contribution in [0.3, 0.4) is 0 Å². The zero-order valence-corrected chi connectivity index (χ0v) is 13.2. The summed E-state index contributed by atoms with van der Waals surface area (Å²) in [5, 5.41) is 13.0. The molecular weight excluding hydrogens is 308 g/mol. The smallest absolute Gasteiger partial charge is 0.354 e. The molecule has 0 unspecified atom stereocenters. The summed E-state index contributed by atoms with van der Waals surface area (Å²) in [5.74, 6) is -0.144. The summed E-state index contributed by atoms with van der Waals surface area (Å²) in [6.45, 7) is 2.08. The van der Waals surface area contributed by atoms with Crippen molar-refractivity contribution in [1.82, 2.24) is 4.98 Å². The van der Waals surface area contributed by atoms with Crippen molar-refractivity contribution < 1.29 is 19.5 Å². The number of carboxylic acids is 1. The summed E-state index contributed by atoms with van der Waals surface area (Å²) in [5.41, 5.74) is 3.26. The molecule has 0 fully saturated rings. The number of aromatic nitrogens is 1. The van der Waals surface area contributed by atoms with Crippen LogP contribution in [0, 0.1) is 6.92 Å². The first-order chi connectivity index (χ1) is 11.6. The van der Waals surface area contributed by atoms with Gasteiger partial charge in [0.25, 0.3) is 0 Å². The number of rotatable bonds is 2. The number of fused-ring (bicyclic) bond motifs is 2. The van der Waals surface area contributed by atoms with E-state index in [9.17, 15) is 4.79 Å². The van der Waals surface area contributed by atoms with Gasteiger partial charge in [-0.15, -0.1) is 0 Å². The van der Waals surface area contributed by atoms with E-state index in [-0.39, 0.29) is 5.69 Å². The summed E-state index contributed by atoms with van der Waals surface area (Å²) in [7, 11) is 0. The lowest BCUT2D eigenvalue weighted by Gasteiger charge is -2.21. The van der Waals surface area contributed by atoms with Crippen molar-refractivity contribution in [2.45, 2.75) is 31.8 Å². The highest BCUT2D eigenvalue weighted by atomic mass is 16.7. The van der Waals surface area contributed by atoms with E-state index in [0.29, 0.717) is 18.1 Å². The van der Waals surface area contributed by atoms with Gasteiger partial charge in [0.2, 0.25) is 5.90 Å². The van der Waals surface area contributed by atoms with Gasteiger partial charge in [-0.2, -0.15) is 0 Å². The van der Waals surface area contributed by atoms with Crippen LogP contribution in [-0.4, -0.2) is 22.0 Å². The van der Waals surface area contributed by atoms with E-state index in [4.69, 9.17) is 14.7 Å². The number of nitrogens with zero attached hydrogens (tertiary/aromatic N) is 2. The standard InChI is InChI=1S/C18H16N2O4/c1-11-2-4-14-12(8-11)6-7-18(14)9-16(20-24-18)23-13-3-5-15(17(21)22)19-10-13/h2-5,8,10H,6-7,9H2,1H3,(H,21,22)/t18-/m1/s1. The number of ether oxygens (including phenoxy) is 1. The third-order valence-corrected chi connectivity index (χ3v) is 4.50. The Balaban J connectivity index is 1.50.